The molecule has 1 N–H and O–H groups in total. The van der Waals surface area contributed by atoms with Gasteiger partial charge in [0.15, 0.2) is 6.61 Å². The van der Waals surface area contributed by atoms with Gasteiger partial charge < -0.3 is 14.8 Å². The summed E-state index contributed by atoms with van der Waals surface area (Å²) in [6, 6.07) is 2.99. The van der Waals surface area contributed by atoms with E-state index in [-0.39, 0.29) is 30.4 Å². The van der Waals surface area contributed by atoms with Gasteiger partial charge >= 0.3 is 6.18 Å². The molecule has 0 saturated carbocycles. The molecule has 1 fully saturated rings. The van der Waals surface area contributed by atoms with Crippen LogP contribution >= 0.6 is 0 Å². The molecule has 8 heteroatoms. The Kier molecular flexibility index (Phi) is 5.81. The minimum Gasteiger partial charge on any atom is -0.468 e. The van der Waals surface area contributed by atoms with Gasteiger partial charge in [-0.3, -0.25) is 4.79 Å². The summed E-state index contributed by atoms with van der Waals surface area (Å²) >= 11 is 0. The van der Waals surface area contributed by atoms with Crippen LogP contribution in [0, 0.1) is 5.92 Å². The Labute approximate surface area is 132 Å². The van der Waals surface area contributed by atoms with Crippen molar-refractivity contribution in [3.63, 3.8) is 0 Å². The van der Waals surface area contributed by atoms with Gasteiger partial charge in [0.05, 0.1) is 12.0 Å². The first-order valence-electron chi connectivity index (χ1n) is 7.39. The van der Waals surface area contributed by atoms with E-state index in [1.165, 1.54) is 12.3 Å². The highest BCUT2D eigenvalue weighted by molar-refractivity contribution is 5.79. The van der Waals surface area contributed by atoms with E-state index in [4.69, 9.17) is 4.74 Å². The van der Waals surface area contributed by atoms with Crippen molar-refractivity contribution in [1.82, 2.24) is 10.3 Å². The zero-order chi connectivity index (χ0) is 16.9. The van der Waals surface area contributed by atoms with Gasteiger partial charge in [-0.05, 0) is 31.4 Å². The molecule has 1 saturated heterocycles. The quantitative estimate of drug-likeness (QED) is 0.900. The van der Waals surface area contributed by atoms with Gasteiger partial charge in [0.25, 0.3) is 0 Å². The Hall–Kier alpha value is -1.83. The van der Waals surface area contributed by atoms with E-state index in [1.54, 1.807) is 6.07 Å². The van der Waals surface area contributed by atoms with Crippen LogP contribution in [0.2, 0.25) is 0 Å². The summed E-state index contributed by atoms with van der Waals surface area (Å²) in [5.41, 5.74) is 0.620. The number of amides is 1. The van der Waals surface area contributed by atoms with Crippen molar-refractivity contribution in [2.45, 2.75) is 38.6 Å². The molecular formula is C15H19F3N2O3. The molecule has 2 heterocycles. The van der Waals surface area contributed by atoms with Crippen molar-refractivity contribution >= 4 is 5.91 Å². The molecule has 0 aliphatic carbocycles. The third-order valence-electron chi connectivity index (χ3n) is 3.59. The summed E-state index contributed by atoms with van der Waals surface area (Å²) in [5.74, 6) is -0.443. The smallest absolute Gasteiger partial charge is 0.422 e. The van der Waals surface area contributed by atoms with E-state index in [9.17, 15) is 18.0 Å². The fraction of sp³-hybridized carbons (Fsp3) is 0.600. The second-order valence-electron chi connectivity index (χ2n) is 5.45. The summed E-state index contributed by atoms with van der Waals surface area (Å²) in [4.78, 5) is 15.9. The number of aromatic nitrogens is 1. The summed E-state index contributed by atoms with van der Waals surface area (Å²) in [6.07, 6.45) is -1.59. The molecule has 0 spiro atoms. The van der Waals surface area contributed by atoms with Crippen LogP contribution in [0.4, 0.5) is 13.2 Å². The van der Waals surface area contributed by atoms with Crippen LogP contribution in [0.15, 0.2) is 18.3 Å². The zero-order valence-corrected chi connectivity index (χ0v) is 12.7. The number of carbonyl (C=O) groups is 1. The van der Waals surface area contributed by atoms with Gasteiger partial charge in [-0.25, -0.2) is 4.98 Å². The van der Waals surface area contributed by atoms with Gasteiger partial charge in [-0.1, -0.05) is 0 Å². The highest BCUT2D eigenvalue weighted by Gasteiger charge is 2.29. The molecule has 1 aliphatic heterocycles. The third-order valence-corrected chi connectivity index (χ3v) is 3.59. The second kappa shape index (κ2) is 7.63. The maximum atomic E-state index is 12.1. The third kappa shape index (κ3) is 5.70. The molecule has 2 rings (SSSR count). The molecule has 5 nitrogen and oxygen atoms in total. The Morgan fingerprint density at radius 2 is 2.30 bits per heavy atom. The highest BCUT2D eigenvalue weighted by atomic mass is 19.4. The van der Waals surface area contributed by atoms with Gasteiger partial charge in [-0.2, -0.15) is 13.2 Å². The van der Waals surface area contributed by atoms with Crippen LogP contribution in [0.25, 0.3) is 0 Å². The Balaban J connectivity index is 1.86. The fourth-order valence-corrected chi connectivity index (χ4v) is 2.38. The highest BCUT2D eigenvalue weighted by Crippen LogP contribution is 2.21. The first kappa shape index (κ1) is 17.5. The first-order valence-corrected chi connectivity index (χ1v) is 7.39. The molecule has 1 aromatic rings. The lowest BCUT2D eigenvalue weighted by Crippen LogP contribution is -2.39. The number of nitrogens with one attached hydrogen (secondary N) is 1. The summed E-state index contributed by atoms with van der Waals surface area (Å²) < 4.78 is 46.4. The largest absolute Gasteiger partial charge is 0.468 e. The van der Waals surface area contributed by atoms with Gasteiger partial charge in [-0.15, -0.1) is 0 Å². The van der Waals surface area contributed by atoms with Crippen molar-refractivity contribution in [3.05, 3.63) is 23.9 Å². The number of nitrogens with zero attached hydrogens (tertiary/aromatic N) is 1. The molecule has 1 aromatic heterocycles. The maximum Gasteiger partial charge on any atom is 0.422 e. The number of carbonyl (C=O) groups excluding carboxylic acids is 1. The molecule has 0 aromatic carbocycles. The second-order valence-corrected chi connectivity index (χ2v) is 5.45. The normalized spacial score (nSPS) is 21.7. The zero-order valence-electron chi connectivity index (χ0n) is 12.7. The van der Waals surface area contributed by atoms with E-state index in [1.807, 2.05) is 6.92 Å². The van der Waals surface area contributed by atoms with E-state index >= 15 is 0 Å². The van der Waals surface area contributed by atoms with Crippen LogP contribution in [0.1, 0.15) is 25.3 Å². The Morgan fingerprint density at radius 1 is 1.52 bits per heavy atom. The monoisotopic (exact) mass is 332 g/mol. The average Bonchev–Trinajstić information content (AvgIpc) is 2.51. The lowest BCUT2D eigenvalue weighted by Gasteiger charge is -2.28. The number of rotatable bonds is 5. The summed E-state index contributed by atoms with van der Waals surface area (Å²) in [5, 5.41) is 2.77. The minimum absolute atomic E-state index is 0.119. The molecule has 1 aliphatic rings. The standard InChI is InChI=1S/C15H19F3N2O3/c1-10-12(3-2-6-22-10)14(21)20-8-11-4-5-19-13(7-11)23-9-15(16,17)18/h4-5,7,10,12H,2-3,6,8-9H2,1H3,(H,20,21). The van der Waals surface area contributed by atoms with E-state index in [0.29, 0.717) is 12.2 Å². The molecule has 0 bridgehead atoms. The van der Waals surface area contributed by atoms with Crippen molar-refractivity contribution in [2.24, 2.45) is 5.92 Å². The van der Waals surface area contributed by atoms with E-state index in [2.05, 4.69) is 15.0 Å². The SMILES string of the molecule is CC1OCCCC1C(=O)NCc1ccnc(OCC(F)(F)F)c1. The van der Waals surface area contributed by atoms with Crippen LogP contribution in [-0.4, -0.2) is 36.4 Å². The molecule has 0 radical (unpaired) electrons. The molecule has 128 valence electrons. The molecule has 1 amide bonds. The van der Waals surface area contributed by atoms with Gasteiger partial charge in [0, 0.05) is 25.4 Å². The number of pyridine rings is 1. The topological polar surface area (TPSA) is 60.5 Å². The average molecular weight is 332 g/mol. The number of ether oxygens (including phenoxy) is 2. The van der Waals surface area contributed by atoms with E-state index in [0.717, 1.165) is 12.8 Å². The summed E-state index contributed by atoms with van der Waals surface area (Å²) in [6.45, 7) is 1.33. The summed E-state index contributed by atoms with van der Waals surface area (Å²) in [7, 11) is 0. The van der Waals surface area contributed by atoms with Crippen molar-refractivity contribution in [3.8, 4) is 5.88 Å². The fourth-order valence-electron chi connectivity index (χ4n) is 2.38. The van der Waals surface area contributed by atoms with Gasteiger partial charge in [0.2, 0.25) is 11.8 Å². The predicted molar refractivity (Wildman–Crippen MR) is 75.8 cm³/mol. The van der Waals surface area contributed by atoms with Crippen LogP contribution in [-0.2, 0) is 16.1 Å². The van der Waals surface area contributed by atoms with E-state index < -0.39 is 12.8 Å². The van der Waals surface area contributed by atoms with Crippen molar-refractivity contribution < 1.29 is 27.4 Å². The lowest BCUT2D eigenvalue weighted by molar-refractivity contribution is -0.154. The Bertz CT molecular complexity index is 537. The van der Waals surface area contributed by atoms with Crippen molar-refractivity contribution in [1.29, 1.82) is 0 Å². The van der Waals surface area contributed by atoms with Crippen molar-refractivity contribution in [2.75, 3.05) is 13.2 Å². The molecule has 2 atom stereocenters. The number of halogens is 3. The van der Waals surface area contributed by atoms with Crippen LogP contribution in [0.3, 0.4) is 0 Å². The lowest BCUT2D eigenvalue weighted by atomic mass is 9.94. The molecule has 2 unspecified atom stereocenters. The molecular weight excluding hydrogens is 313 g/mol. The van der Waals surface area contributed by atoms with Crippen LogP contribution < -0.4 is 10.1 Å². The minimum atomic E-state index is -4.41. The van der Waals surface area contributed by atoms with Gasteiger partial charge in [0.1, 0.15) is 0 Å². The maximum absolute atomic E-state index is 12.1. The molecule has 23 heavy (non-hydrogen) atoms. The van der Waals surface area contributed by atoms with Crippen LogP contribution in [0.5, 0.6) is 5.88 Å². The first-order chi connectivity index (χ1) is 10.8. The number of alkyl halides is 3. The number of hydrogen-bond donors (Lipinski definition) is 1. The Morgan fingerprint density at radius 3 is 3.00 bits per heavy atom. The predicted octanol–water partition coefficient (Wildman–Crippen LogP) is 2.45. The number of hydrogen-bond acceptors (Lipinski definition) is 4.